The van der Waals surface area contributed by atoms with E-state index in [1.165, 1.54) is 7.05 Å². The topological polar surface area (TPSA) is 100 Å². The van der Waals surface area contributed by atoms with Crippen molar-refractivity contribution in [1.82, 2.24) is 14.5 Å². The lowest BCUT2D eigenvalue weighted by molar-refractivity contribution is 0.484. The molecule has 0 aromatic carbocycles. The number of nitrogens with zero attached hydrogens (tertiary/aromatic N) is 2. The van der Waals surface area contributed by atoms with Crippen molar-refractivity contribution in [2.45, 2.75) is 17.7 Å². The predicted molar refractivity (Wildman–Crippen MR) is 72.4 cm³/mol. The van der Waals surface area contributed by atoms with E-state index in [0.29, 0.717) is 5.69 Å². The minimum absolute atomic E-state index is 0.0125. The Labute approximate surface area is 117 Å². The van der Waals surface area contributed by atoms with Crippen LogP contribution in [0.3, 0.4) is 0 Å². The first-order valence-corrected chi connectivity index (χ1v) is 9.37. The molecule has 0 saturated heterocycles. The van der Waals surface area contributed by atoms with Crippen LogP contribution < -0.4 is 0 Å². The van der Waals surface area contributed by atoms with Gasteiger partial charge in [-0.05, 0) is 6.92 Å². The number of hydrogen-bond donors (Lipinski definition) is 1. The normalized spacial score (nSPS) is 13.1. The zero-order valence-electron chi connectivity index (χ0n) is 10.8. The first kappa shape index (κ1) is 16.4. The molecule has 0 aliphatic heterocycles. The number of hydrogen-bond acceptors (Lipinski definition) is 5. The maximum Gasteiger partial charge on any atom is 0.246 e. The smallest absolute Gasteiger partial charge is 0.246 e. The van der Waals surface area contributed by atoms with E-state index in [1.807, 2.05) is 0 Å². The van der Waals surface area contributed by atoms with Gasteiger partial charge in [-0.2, -0.15) is 9.40 Å². The van der Waals surface area contributed by atoms with Crippen molar-refractivity contribution in [2.24, 2.45) is 0 Å². The standard InChI is InChI=1S/C9H16ClN3O4S2/c1-7-9(8(6-10)12-11-7)19(16,17)13(2)4-5-18(3,14)15/h4-6H2,1-3H3,(H,11,12). The Kier molecular flexibility index (Phi) is 4.99. The Hall–Kier alpha value is -0.640. The van der Waals surface area contributed by atoms with Crippen LogP contribution in [-0.4, -0.2) is 56.9 Å². The van der Waals surface area contributed by atoms with Gasteiger partial charge >= 0.3 is 0 Å². The molecule has 1 N–H and O–H groups in total. The van der Waals surface area contributed by atoms with Gasteiger partial charge in [-0.3, -0.25) is 5.10 Å². The van der Waals surface area contributed by atoms with Crippen molar-refractivity contribution < 1.29 is 16.8 Å². The van der Waals surface area contributed by atoms with Crippen molar-refractivity contribution in [1.29, 1.82) is 0 Å². The van der Waals surface area contributed by atoms with Gasteiger partial charge in [0, 0.05) is 19.8 Å². The summed E-state index contributed by atoms with van der Waals surface area (Å²) < 4.78 is 47.8. The number of aromatic amines is 1. The minimum Gasteiger partial charge on any atom is -0.281 e. The molecule has 0 fully saturated rings. The van der Waals surface area contributed by atoms with E-state index in [9.17, 15) is 16.8 Å². The lowest BCUT2D eigenvalue weighted by atomic mass is 10.4. The maximum atomic E-state index is 12.3. The van der Waals surface area contributed by atoms with Crippen molar-refractivity contribution >= 4 is 31.5 Å². The average Bonchev–Trinajstić information content (AvgIpc) is 2.66. The van der Waals surface area contributed by atoms with Crippen LogP contribution in [0.1, 0.15) is 11.4 Å². The van der Waals surface area contributed by atoms with E-state index in [4.69, 9.17) is 11.6 Å². The number of halogens is 1. The molecule has 0 unspecified atom stereocenters. The fourth-order valence-corrected chi connectivity index (χ4v) is 3.96. The Balaban J connectivity index is 3.07. The number of H-pyrrole nitrogens is 1. The first-order chi connectivity index (χ1) is 8.59. The third-order valence-electron chi connectivity index (χ3n) is 2.53. The molecule has 0 saturated carbocycles. The molecule has 0 aliphatic rings. The lowest BCUT2D eigenvalue weighted by Crippen LogP contribution is -2.32. The zero-order valence-corrected chi connectivity index (χ0v) is 13.2. The first-order valence-electron chi connectivity index (χ1n) is 5.33. The van der Waals surface area contributed by atoms with Gasteiger partial charge in [-0.1, -0.05) is 0 Å². The molecule has 110 valence electrons. The second-order valence-electron chi connectivity index (χ2n) is 4.21. The summed E-state index contributed by atoms with van der Waals surface area (Å²) >= 11 is 5.64. The van der Waals surface area contributed by atoms with E-state index >= 15 is 0 Å². The molecule has 0 amide bonds. The number of aryl methyl sites for hydroxylation is 1. The summed E-state index contributed by atoms with van der Waals surface area (Å²) in [5.41, 5.74) is 0.604. The number of aromatic nitrogens is 2. The van der Waals surface area contributed by atoms with Crippen LogP contribution in [0, 0.1) is 6.92 Å². The predicted octanol–water partition coefficient (Wildman–Crippen LogP) is 0.122. The van der Waals surface area contributed by atoms with Gasteiger partial charge in [0.2, 0.25) is 10.0 Å². The summed E-state index contributed by atoms with van der Waals surface area (Å²) in [5.74, 6) is -0.283. The molecule has 10 heteroatoms. The number of rotatable bonds is 6. The molecule has 1 heterocycles. The van der Waals surface area contributed by atoms with Gasteiger partial charge in [0.25, 0.3) is 0 Å². The van der Waals surface area contributed by atoms with E-state index < -0.39 is 19.9 Å². The maximum absolute atomic E-state index is 12.3. The summed E-state index contributed by atoms with van der Waals surface area (Å²) in [4.78, 5) is 0.0125. The zero-order chi connectivity index (χ0) is 14.8. The summed E-state index contributed by atoms with van der Waals surface area (Å²) in [7, 11) is -5.71. The second-order valence-corrected chi connectivity index (χ2v) is 8.72. The van der Waals surface area contributed by atoms with Crippen LogP contribution in [0.25, 0.3) is 0 Å². The van der Waals surface area contributed by atoms with Crippen LogP contribution >= 0.6 is 11.6 Å². The molecular weight excluding hydrogens is 314 g/mol. The third kappa shape index (κ3) is 3.91. The highest BCUT2D eigenvalue weighted by molar-refractivity contribution is 7.91. The second kappa shape index (κ2) is 5.78. The summed E-state index contributed by atoms with van der Waals surface area (Å²) in [6.45, 7) is 1.45. The minimum atomic E-state index is -3.80. The number of alkyl halides is 1. The van der Waals surface area contributed by atoms with Crippen LogP contribution in [0.2, 0.25) is 0 Å². The molecular formula is C9H16ClN3O4S2. The highest BCUT2D eigenvalue weighted by Gasteiger charge is 2.28. The molecule has 19 heavy (non-hydrogen) atoms. The number of sulfone groups is 1. The van der Waals surface area contributed by atoms with Crippen molar-refractivity contribution in [3.63, 3.8) is 0 Å². The quantitative estimate of drug-likeness (QED) is 0.747. The largest absolute Gasteiger partial charge is 0.281 e. The summed E-state index contributed by atoms with van der Waals surface area (Å²) in [6, 6.07) is 0. The van der Waals surface area contributed by atoms with Gasteiger partial charge in [0.15, 0.2) is 0 Å². The van der Waals surface area contributed by atoms with Gasteiger partial charge < -0.3 is 0 Å². The Bertz CT molecular complexity index is 651. The lowest BCUT2D eigenvalue weighted by Gasteiger charge is -2.16. The molecule has 0 radical (unpaired) electrons. The Morgan fingerprint density at radius 3 is 2.37 bits per heavy atom. The Morgan fingerprint density at radius 2 is 1.89 bits per heavy atom. The summed E-state index contributed by atoms with van der Waals surface area (Å²) in [5, 5.41) is 6.37. The van der Waals surface area contributed by atoms with Crippen LogP contribution in [-0.2, 0) is 25.7 Å². The highest BCUT2D eigenvalue weighted by atomic mass is 35.5. The van der Waals surface area contributed by atoms with Crippen molar-refractivity contribution in [2.75, 3.05) is 25.6 Å². The van der Waals surface area contributed by atoms with Gasteiger partial charge in [-0.15, -0.1) is 11.6 Å². The fourth-order valence-electron chi connectivity index (χ4n) is 1.47. The van der Waals surface area contributed by atoms with E-state index in [2.05, 4.69) is 10.2 Å². The molecule has 7 nitrogen and oxygen atoms in total. The average molecular weight is 330 g/mol. The van der Waals surface area contributed by atoms with Gasteiger partial charge in [0.1, 0.15) is 14.7 Å². The molecule has 0 bridgehead atoms. The van der Waals surface area contributed by atoms with E-state index in [1.54, 1.807) is 6.92 Å². The van der Waals surface area contributed by atoms with Crippen molar-refractivity contribution in [3.8, 4) is 0 Å². The SMILES string of the molecule is Cc1[nH]nc(CCl)c1S(=O)(=O)N(C)CCS(C)(=O)=O. The molecule has 1 aromatic rings. The van der Waals surface area contributed by atoms with E-state index in [-0.39, 0.29) is 28.8 Å². The molecule has 0 atom stereocenters. The van der Waals surface area contributed by atoms with Gasteiger partial charge in [-0.25, -0.2) is 16.8 Å². The molecule has 0 aliphatic carbocycles. The monoisotopic (exact) mass is 329 g/mol. The van der Waals surface area contributed by atoms with Crippen LogP contribution in [0.4, 0.5) is 0 Å². The fraction of sp³-hybridized carbons (Fsp3) is 0.667. The Morgan fingerprint density at radius 1 is 1.32 bits per heavy atom. The molecule has 1 aromatic heterocycles. The molecule has 1 rings (SSSR count). The number of sulfonamides is 1. The summed E-state index contributed by atoms with van der Waals surface area (Å²) in [6.07, 6.45) is 1.06. The van der Waals surface area contributed by atoms with Crippen molar-refractivity contribution in [3.05, 3.63) is 11.4 Å². The van der Waals surface area contributed by atoms with Gasteiger partial charge in [0.05, 0.1) is 23.0 Å². The van der Waals surface area contributed by atoms with E-state index in [0.717, 1.165) is 10.6 Å². The number of nitrogens with one attached hydrogen (secondary N) is 1. The molecule has 0 spiro atoms. The third-order valence-corrected chi connectivity index (χ3v) is 5.77. The highest BCUT2D eigenvalue weighted by Crippen LogP contribution is 2.22. The van der Waals surface area contributed by atoms with Crippen LogP contribution in [0.15, 0.2) is 4.90 Å². The van der Waals surface area contributed by atoms with Crippen LogP contribution in [0.5, 0.6) is 0 Å².